The van der Waals surface area contributed by atoms with Crippen molar-refractivity contribution in [1.82, 2.24) is 5.32 Å². The number of nitrogens with one attached hydrogen (secondary N) is 1. The summed E-state index contributed by atoms with van der Waals surface area (Å²) in [6.07, 6.45) is 1.26. The Morgan fingerprint density at radius 1 is 1.53 bits per heavy atom. The number of ether oxygens (including phenoxy) is 2. The first-order valence-corrected chi connectivity index (χ1v) is 5.72. The molecule has 0 aromatic heterocycles. The molecule has 6 heteroatoms. The van der Waals surface area contributed by atoms with Crippen molar-refractivity contribution < 1.29 is 24.2 Å². The molecule has 0 aromatic rings. The fourth-order valence-electron chi connectivity index (χ4n) is 1.75. The summed E-state index contributed by atoms with van der Waals surface area (Å²) in [6.45, 7) is 2.19. The maximum atomic E-state index is 11.7. The molecule has 1 aliphatic rings. The summed E-state index contributed by atoms with van der Waals surface area (Å²) in [6, 6.07) is -0.915. The Labute approximate surface area is 100 Å². The fourth-order valence-corrected chi connectivity index (χ4v) is 1.75. The van der Waals surface area contributed by atoms with Crippen molar-refractivity contribution in [2.75, 3.05) is 13.7 Å². The van der Waals surface area contributed by atoms with Crippen molar-refractivity contribution in [2.24, 2.45) is 0 Å². The zero-order chi connectivity index (χ0) is 12.8. The number of hydrogen-bond donors (Lipinski definition) is 2. The molecule has 0 saturated carbocycles. The van der Waals surface area contributed by atoms with E-state index < -0.39 is 18.1 Å². The molecule has 1 amide bonds. The van der Waals surface area contributed by atoms with E-state index >= 15 is 0 Å². The van der Waals surface area contributed by atoms with Crippen LogP contribution in [0.1, 0.15) is 26.2 Å². The van der Waals surface area contributed by atoms with Crippen LogP contribution < -0.4 is 5.32 Å². The van der Waals surface area contributed by atoms with Gasteiger partial charge in [-0.2, -0.15) is 0 Å². The molecule has 0 radical (unpaired) electrons. The lowest BCUT2D eigenvalue weighted by atomic mass is 10.1. The van der Waals surface area contributed by atoms with Crippen LogP contribution >= 0.6 is 0 Å². The van der Waals surface area contributed by atoms with Crippen LogP contribution in [-0.4, -0.2) is 48.9 Å². The summed E-state index contributed by atoms with van der Waals surface area (Å²) >= 11 is 0. The topological polar surface area (TPSA) is 84.9 Å². The van der Waals surface area contributed by atoms with Gasteiger partial charge in [0.1, 0.15) is 12.1 Å². The molecular weight excluding hydrogens is 226 g/mol. The Hall–Kier alpha value is -1.14. The molecular formula is C11H19NO5. The summed E-state index contributed by atoms with van der Waals surface area (Å²) in [5.74, 6) is -1.40. The van der Waals surface area contributed by atoms with Crippen LogP contribution in [0.2, 0.25) is 0 Å². The third kappa shape index (κ3) is 4.32. The molecule has 0 bridgehead atoms. The first-order valence-electron chi connectivity index (χ1n) is 5.72. The summed E-state index contributed by atoms with van der Waals surface area (Å²) < 4.78 is 10.2. The minimum Gasteiger partial charge on any atom is -0.480 e. The highest BCUT2D eigenvalue weighted by Crippen LogP contribution is 2.19. The van der Waals surface area contributed by atoms with Crippen molar-refractivity contribution in [2.45, 2.75) is 44.4 Å². The lowest BCUT2D eigenvalue weighted by Gasteiger charge is -2.17. The van der Waals surface area contributed by atoms with Gasteiger partial charge in [0.05, 0.1) is 6.10 Å². The number of hydrogen-bond acceptors (Lipinski definition) is 4. The largest absolute Gasteiger partial charge is 0.480 e. The summed E-state index contributed by atoms with van der Waals surface area (Å²) in [5, 5.41) is 11.4. The molecule has 17 heavy (non-hydrogen) atoms. The fraction of sp³-hybridized carbons (Fsp3) is 0.818. The maximum Gasteiger partial charge on any atom is 0.326 e. The second-order valence-electron chi connectivity index (χ2n) is 4.19. The molecule has 2 N–H and O–H groups in total. The zero-order valence-electron chi connectivity index (χ0n) is 10.1. The van der Waals surface area contributed by atoms with Crippen molar-refractivity contribution in [3.05, 3.63) is 0 Å². The molecule has 0 spiro atoms. The molecule has 0 aromatic carbocycles. The maximum absolute atomic E-state index is 11.7. The van der Waals surface area contributed by atoms with E-state index in [1.54, 1.807) is 0 Å². The second kappa shape index (κ2) is 6.56. The monoisotopic (exact) mass is 245 g/mol. The predicted molar refractivity (Wildman–Crippen MR) is 59.6 cm³/mol. The number of methoxy groups -OCH3 is 1. The highest BCUT2D eigenvalue weighted by atomic mass is 16.5. The van der Waals surface area contributed by atoms with Gasteiger partial charge in [-0.3, -0.25) is 4.79 Å². The van der Waals surface area contributed by atoms with Gasteiger partial charge in [-0.15, -0.1) is 0 Å². The smallest absolute Gasteiger partial charge is 0.326 e. The number of carbonyl (C=O) groups excluding carboxylic acids is 1. The van der Waals surface area contributed by atoms with Gasteiger partial charge < -0.3 is 19.9 Å². The Kier molecular flexibility index (Phi) is 5.37. The third-order valence-electron chi connectivity index (χ3n) is 2.75. The zero-order valence-corrected chi connectivity index (χ0v) is 10.1. The van der Waals surface area contributed by atoms with Crippen LogP contribution in [0.5, 0.6) is 0 Å². The van der Waals surface area contributed by atoms with Gasteiger partial charge in [-0.1, -0.05) is 0 Å². The molecule has 1 rings (SSSR count). The van der Waals surface area contributed by atoms with Crippen molar-refractivity contribution in [3.63, 3.8) is 0 Å². The Bertz CT molecular complexity index is 281. The van der Waals surface area contributed by atoms with Crippen molar-refractivity contribution >= 4 is 11.9 Å². The predicted octanol–water partition coefficient (Wildman–Crippen LogP) is 0.160. The molecule has 0 unspecified atom stereocenters. The molecule has 1 heterocycles. The Balaban J connectivity index is 2.43. The number of aliphatic carboxylic acids is 1. The van der Waals surface area contributed by atoms with Crippen LogP contribution in [0.25, 0.3) is 0 Å². The van der Waals surface area contributed by atoms with Crippen LogP contribution in [0.15, 0.2) is 0 Å². The molecule has 98 valence electrons. The Morgan fingerprint density at radius 2 is 2.24 bits per heavy atom. The standard InChI is InChI=1S/C11H19NO5/c1-7-3-4-9(17-7)10(13)12-8(11(14)15)5-6-16-2/h7-9H,3-6H2,1-2H3,(H,12,13)(H,14,15)/t7-,8-,9-/m0/s1. The van der Waals surface area contributed by atoms with Gasteiger partial charge in [0.25, 0.3) is 0 Å². The quantitative estimate of drug-likeness (QED) is 0.696. The van der Waals surface area contributed by atoms with Crippen LogP contribution in [0, 0.1) is 0 Å². The molecule has 6 nitrogen and oxygen atoms in total. The minimum atomic E-state index is -1.05. The molecule has 1 aliphatic heterocycles. The SMILES string of the molecule is COCC[C@H](NC(=O)[C@@H]1CC[C@H](C)O1)C(=O)O. The number of carbonyl (C=O) groups is 2. The molecule has 0 aliphatic carbocycles. The number of carboxylic acids is 1. The van der Waals surface area contributed by atoms with E-state index in [0.29, 0.717) is 13.0 Å². The van der Waals surface area contributed by atoms with Crippen LogP contribution in [0.4, 0.5) is 0 Å². The van der Waals surface area contributed by atoms with E-state index in [1.165, 1.54) is 7.11 Å². The average Bonchev–Trinajstić information content (AvgIpc) is 2.70. The van der Waals surface area contributed by atoms with Crippen LogP contribution in [-0.2, 0) is 19.1 Å². The number of rotatable bonds is 6. The summed E-state index contributed by atoms with van der Waals surface area (Å²) in [4.78, 5) is 22.6. The summed E-state index contributed by atoms with van der Waals surface area (Å²) in [5.41, 5.74) is 0. The van der Waals surface area contributed by atoms with Gasteiger partial charge in [0.15, 0.2) is 0 Å². The van der Waals surface area contributed by atoms with Gasteiger partial charge in [-0.05, 0) is 19.8 Å². The first kappa shape index (κ1) is 13.9. The normalized spacial score (nSPS) is 25.5. The Morgan fingerprint density at radius 3 is 2.71 bits per heavy atom. The van der Waals surface area contributed by atoms with Gasteiger partial charge in [-0.25, -0.2) is 4.79 Å². The van der Waals surface area contributed by atoms with E-state index in [-0.39, 0.29) is 18.4 Å². The molecule has 1 saturated heterocycles. The van der Waals surface area contributed by atoms with E-state index in [0.717, 1.165) is 6.42 Å². The van der Waals surface area contributed by atoms with Crippen LogP contribution in [0.3, 0.4) is 0 Å². The van der Waals surface area contributed by atoms with Crippen molar-refractivity contribution in [1.29, 1.82) is 0 Å². The number of amides is 1. The first-order chi connectivity index (χ1) is 8.04. The molecule has 1 fully saturated rings. The lowest BCUT2D eigenvalue weighted by Crippen LogP contribution is -2.46. The highest BCUT2D eigenvalue weighted by Gasteiger charge is 2.30. The van der Waals surface area contributed by atoms with Gasteiger partial charge in [0, 0.05) is 20.1 Å². The average molecular weight is 245 g/mol. The van der Waals surface area contributed by atoms with E-state index in [4.69, 9.17) is 14.6 Å². The summed E-state index contributed by atoms with van der Waals surface area (Å²) in [7, 11) is 1.49. The highest BCUT2D eigenvalue weighted by molar-refractivity contribution is 5.86. The second-order valence-corrected chi connectivity index (χ2v) is 4.19. The minimum absolute atomic E-state index is 0.0630. The lowest BCUT2D eigenvalue weighted by molar-refractivity contribution is -0.144. The number of carboxylic acid groups (broad SMARTS) is 1. The van der Waals surface area contributed by atoms with Crippen molar-refractivity contribution in [3.8, 4) is 0 Å². The van der Waals surface area contributed by atoms with Gasteiger partial charge >= 0.3 is 5.97 Å². The van der Waals surface area contributed by atoms with E-state index in [2.05, 4.69) is 5.32 Å². The van der Waals surface area contributed by atoms with E-state index in [1.807, 2.05) is 6.92 Å². The van der Waals surface area contributed by atoms with Gasteiger partial charge in [0.2, 0.25) is 5.91 Å². The third-order valence-corrected chi connectivity index (χ3v) is 2.75. The molecule has 3 atom stereocenters. The van der Waals surface area contributed by atoms with E-state index in [9.17, 15) is 9.59 Å².